The number of nitro benzene ring substituents is 1. The minimum absolute atomic E-state index is 0.0664. The van der Waals surface area contributed by atoms with Crippen molar-refractivity contribution in [3.8, 4) is 11.3 Å². The zero-order valence-corrected chi connectivity index (χ0v) is 17.5. The summed E-state index contributed by atoms with van der Waals surface area (Å²) in [7, 11) is -6.00. The van der Waals surface area contributed by atoms with Crippen LogP contribution in [0.5, 0.6) is 0 Å². The van der Waals surface area contributed by atoms with E-state index < -0.39 is 12.2 Å². The molecule has 1 aromatic heterocycles. The molecule has 0 amide bonds. The standard InChI is InChI=1S/C23H18N2O3.BF4/c1-2-16-8-13-22-20(14-16)21(15-23(28-22)17-6-4-3-5-7-17)24-18-9-11-19(12-10-18)25(26)27;2-1(3,4)5/h3-15H,2H2,1H3;/q;-1/p+1. The third-order valence-electron chi connectivity index (χ3n) is 4.65. The maximum Gasteiger partial charge on any atom is 0.673 e. The second kappa shape index (κ2) is 10.1. The lowest BCUT2D eigenvalue weighted by Gasteiger charge is -2.04. The number of aryl methyl sites for hydroxylation is 1. The molecule has 0 bridgehead atoms. The number of fused-ring (bicyclic) bond motifs is 1. The molecular formula is C23H19BF4N2O3. The molecule has 3 aromatic carbocycles. The molecule has 1 heterocycles. The number of nitrogens with zero attached hydrogens (tertiary/aromatic N) is 1. The fraction of sp³-hybridized carbons (Fsp3) is 0.0870. The monoisotopic (exact) mass is 458 g/mol. The van der Waals surface area contributed by atoms with Gasteiger partial charge < -0.3 is 21.7 Å². The van der Waals surface area contributed by atoms with E-state index in [1.54, 1.807) is 12.1 Å². The van der Waals surface area contributed by atoms with E-state index in [0.29, 0.717) is 0 Å². The number of nitro groups is 1. The van der Waals surface area contributed by atoms with Crippen molar-refractivity contribution in [2.45, 2.75) is 13.3 Å². The molecule has 10 heteroatoms. The van der Waals surface area contributed by atoms with Crippen molar-refractivity contribution in [3.05, 3.63) is 99.9 Å². The van der Waals surface area contributed by atoms with Crippen molar-refractivity contribution in [3.63, 3.8) is 0 Å². The Hall–Kier alpha value is -3.95. The molecule has 0 spiro atoms. The Balaban J connectivity index is 0.000000555. The van der Waals surface area contributed by atoms with E-state index in [-0.39, 0.29) is 5.69 Å². The zero-order chi connectivity index (χ0) is 24.0. The maximum absolute atomic E-state index is 10.9. The molecule has 0 aliphatic rings. The van der Waals surface area contributed by atoms with Crippen molar-refractivity contribution in [1.82, 2.24) is 0 Å². The highest BCUT2D eigenvalue weighted by atomic mass is 19.5. The third kappa shape index (κ3) is 6.77. The van der Waals surface area contributed by atoms with Gasteiger partial charge in [0.05, 0.1) is 16.4 Å². The van der Waals surface area contributed by atoms with Gasteiger partial charge in [-0.3, -0.25) is 10.1 Å². The fourth-order valence-corrected chi connectivity index (χ4v) is 3.12. The molecule has 0 atom stereocenters. The number of rotatable bonds is 4. The number of benzene rings is 3. The Kier molecular flexibility index (Phi) is 7.27. The lowest BCUT2D eigenvalue weighted by Crippen LogP contribution is -2.70. The molecule has 4 aromatic rings. The van der Waals surface area contributed by atoms with Crippen LogP contribution in [0.25, 0.3) is 22.3 Å². The van der Waals surface area contributed by atoms with E-state index in [1.165, 1.54) is 17.7 Å². The van der Waals surface area contributed by atoms with E-state index in [0.717, 1.165) is 39.8 Å². The van der Waals surface area contributed by atoms with Gasteiger partial charge in [-0.25, -0.2) is 4.99 Å². The van der Waals surface area contributed by atoms with Crippen LogP contribution in [0.1, 0.15) is 12.5 Å². The number of non-ortho nitro benzene ring substituents is 1. The van der Waals surface area contributed by atoms with Crippen molar-refractivity contribution in [2.75, 3.05) is 0 Å². The first-order valence-corrected chi connectivity index (χ1v) is 9.98. The van der Waals surface area contributed by atoms with Crippen LogP contribution < -0.4 is 10.3 Å². The SMILES string of the molecule is CCc1ccc2oc(-c3ccccc3)cc(=[NH+]c3ccc([N+](=O)[O-])cc3)c2c1.F[B-](F)(F)F. The summed E-state index contributed by atoms with van der Waals surface area (Å²) < 4.78 is 45.1. The second-order valence-corrected chi connectivity index (χ2v) is 7.00. The number of halogens is 4. The van der Waals surface area contributed by atoms with Gasteiger partial charge in [0.2, 0.25) is 11.0 Å². The molecule has 1 N–H and O–H groups in total. The Morgan fingerprint density at radius 1 is 0.939 bits per heavy atom. The summed E-state index contributed by atoms with van der Waals surface area (Å²) in [6.07, 6.45) is 0.924. The minimum Gasteiger partial charge on any atom is -0.456 e. The maximum atomic E-state index is 10.9. The van der Waals surface area contributed by atoms with Crippen LogP contribution in [-0.4, -0.2) is 12.2 Å². The van der Waals surface area contributed by atoms with Gasteiger partial charge in [0.25, 0.3) is 5.69 Å². The molecule has 0 unspecified atom stereocenters. The third-order valence-corrected chi connectivity index (χ3v) is 4.65. The molecule has 5 nitrogen and oxygen atoms in total. The molecule has 33 heavy (non-hydrogen) atoms. The van der Waals surface area contributed by atoms with Gasteiger partial charge in [-0.05, 0) is 24.1 Å². The highest BCUT2D eigenvalue weighted by molar-refractivity contribution is 6.50. The summed E-state index contributed by atoms with van der Waals surface area (Å²) in [5, 5.41) is 12.8. The second-order valence-electron chi connectivity index (χ2n) is 7.00. The van der Waals surface area contributed by atoms with Gasteiger partial charge in [0.1, 0.15) is 11.3 Å². The summed E-state index contributed by atoms with van der Waals surface area (Å²) in [6, 6.07) is 24.4. The van der Waals surface area contributed by atoms with Crippen molar-refractivity contribution in [2.24, 2.45) is 0 Å². The van der Waals surface area contributed by atoms with Crippen LogP contribution in [0.3, 0.4) is 0 Å². The topological polar surface area (TPSA) is 70.2 Å². The highest BCUT2D eigenvalue weighted by Gasteiger charge is 2.20. The van der Waals surface area contributed by atoms with E-state index in [4.69, 9.17) is 4.42 Å². The van der Waals surface area contributed by atoms with E-state index >= 15 is 0 Å². The fourth-order valence-electron chi connectivity index (χ4n) is 3.12. The molecule has 0 fully saturated rings. The first kappa shape index (κ1) is 23.7. The summed E-state index contributed by atoms with van der Waals surface area (Å²) in [4.78, 5) is 13.9. The minimum atomic E-state index is -6.00. The van der Waals surface area contributed by atoms with Gasteiger partial charge >= 0.3 is 7.25 Å². The summed E-state index contributed by atoms with van der Waals surface area (Å²) in [5.74, 6) is 0.752. The lowest BCUT2D eigenvalue weighted by molar-refractivity contribution is -0.402. The van der Waals surface area contributed by atoms with Crippen molar-refractivity contribution in [1.29, 1.82) is 0 Å². The van der Waals surface area contributed by atoms with Crippen LogP contribution >= 0.6 is 0 Å². The Bertz CT molecular complexity index is 1320. The van der Waals surface area contributed by atoms with Crippen LogP contribution in [0, 0.1) is 10.1 Å². The van der Waals surface area contributed by atoms with Gasteiger partial charge in [-0.1, -0.05) is 43.3 Å². The Labute approximate surface area is 186 Å². The lowest BCUT2D eigenvalue weighted by atomic mass is 10.1. The average molecular weight is 458 g/mol. The number of hydrogen-bond donors (Lipinski definition) is 1. The molecule has 0 saturated heterocycles. The predicted molar refractivity (Wildman–Crippen MR) is 118 cm³/mol. The van der Waals surface area contributed by atoms with Crippen LogP contribution in [0.4, 0.5) is 28.6 Å². The Morgan fingerprint density at radius 3 is 2.15 bits per heavy atom. The summed E-state index contributed by atoms with van der Waals surface area (Å²) in [6.45, 7) is 2.11. The zero-order valence-electron chi connectivity index (χ0n) is 17.5. The quantitative estimate of drug-likeness (QED) is 0.198. The smallest absolute Gasteiger partial charge is 0.456 e. The van der Waals surface area contributed by atoms with Gasteiger partial charge in [-0.15, -0.1) is 0 Å². The summed E-state index contributed by atoms with van der Waals surface area (Å²) >= 11 is 0. The molecule has 0 aliphatic heterocycles. The normalized spacial score (nSPS) is 11.7. The van der Waals surface area contributed by atoms with E-state index in [2.05, 4.69) is 24.0 Å². The van der Waals surface area contributed by atoms with Crippen LogP contribution in [0.15, 0.2) is 83.3 Å². The number of hydrogen-bond acceptors (Lipinski definition) is 3. The van der Waals surface area contributed by atoms with Gasteiger partial charge in [-0.2, -0.15) is 0 Å². The molecule has 0 radical (unpaired) electrons. The average Bonchev–Trinajstić information content (AvgIpc) is 2.78. The first-order chi connectivity index (χ1) is 15.6. The molecule has 4 rings (SSSR count). The van der Waals surface area contributed by atoms with E-state index in [9.17, 15) is 27.4 Å². The van der Waals surface area contributed by atoms with E-state index in [1.807, 2.05) is 42.5 Å². The summed E-state index contributed by atoms with van der Waals surface area (Å²) in [5.41, 5.74) is 3.82. The van der Waals surface area contributed by atoms with Crippen LogP contribution in [0.2, 0.25) is 0 Å². The highest BCUT2D eigenvalue weighted by Crippen LogP contribution is 2.22. The van der Waals surface area contributed by atoms with Gasteiger partial charge in [0.15, 0.2) is 0 Å². The first-order valence-electron chi connectivity index (χ1n) is 9.98. The van der Waals surface area contributed by atoms with Crippen molar-refractivity contribution >= 4 is 29.6 Å². The predicted octanol–water partition coefficient (Wildman–Crippen LogP) is 5.18. The molecule has 170 valence electrons. The molecule has 0 saturated carbocycles. The molecule has 0 aliphatic carbocycles. The number of nitrogens with one attached hydrogen (secondary N) is 1. The Morgan fingerprint density at radius 2 is 1.58 bits per heavy atom. The van der Waals surface area contributed by atoms with Gasteiger partial charge in [0, 0.05) is 29.8 Å². The van der Waals surface area contributed by atoms with Crippen molar-refractivity contribution < 1.29 is 31.6 Å². The van der Waals surface area contributed by atoms with Crippen LogP contribution in [-0.2, 0) is 6.42 Å². The molecular weight excluding hydrogens is 439 g/mol. The largest absolute Gasteiger partial charge is 0.673 e.